The van der Waals surface area contributed by atoms with Crippen LogP contribution in [0.4, 0.5) is 5.82 Å². The van der Waals surface area contributed by atoms with Crippen molar-refractivity contribution in [2.45, 2.75) is 64.7 Å². The summed E-state index contributed by atoms with van der Waals surface area (Å²) in [6, 6.07) is 2.15. The lowest BCUT2D eigenvalue weighted by atomic mass is 10.0. The molecular weight excluding hydrogens is 222 g/mol. The van der Waals surface area contributed by atoms with Crippen molar-refractivity contribution in [3.63, 3.8) is 0 Å². The highest BCUT2D eigenvalue weighted by Gasteiger charge is 2.26. The first kappa shape index (κ1) is 13.3. The van der Waals surface area contributed by atoms with Crippen molar-refractivity contribution in [3.8, 4) is 0 Å². The lowest BCUT2D eigenvalue weighted by Gasteiger charge is -2.14. The van der Waals surface area contributed by atoms with Crippen molar-refractivity contribution in [2.75, 3.05) is 11.9 Å². The minimum atomic E-state index is 0.505. The first-order chi connectivity index (χ1) is 8.78. The highest BCUT2D eigenvalue weighted by Crippen LogP contribution is 2.40. The summed E-state index contributed by atoms with van der Waals surface area (Å²) >= 11 is 0. The normalized spacial score (nSPS) is 15.1. The molecule has 1 heterocycles. The largest absolute Gasteiger partial charge is 0.370 e. The topological polar surface area (TPSA) is 37.8 Å². The maximum Gasteiger partial charge on any atom is 0.134 e. The molecule has 0 saturated heterocycles. The fraction of sp³-hybridized carbons (Fsp3) is 0.733. The van der Waals surface area contributed by atoms with Crippen LogP contribution in [0.3, 0.4) is 0 Å². The maximum atomic E-state index is 4.79. The van der Waals surface area contributed by atoms with E-state index in [0.29, 0.717) is 11.8 Å². The van der Waals surface area contributed by atoms with Gasteiger partial charge in [0.15, 0.2) is 0 Å². The predicted octanol–water partition coefficient (Wildman–Crippen LogP) is 4.08. The van der Waals surface area contributed by atoms with Crippen molar-refractivity contribution in [3.05, 3.63) is 17.6 Å². The van der Waals surface area contributed by atoms with Crippen molar-refractivity contribution in [1.29, 1.82) is 0 Å². The molecule has 1 N–H and O–H groups in total. The predicted molar refractivity (Wildman–Crippen MR) is 76.1 cm³/mol. The molecule has 0 atom stereocenters. The zero-order valence-electron chi connectivity index (χ0n) is 11.9. The van der Waals surface area contributed by atoms with Crippen LogP contribution in [-0.4, -0.2) is 16.5 Å². The summed E-state index contributed by atoms with van der Waals surface area (Å²) in [4.78, 5) is 9.50. The number of anilines is 1. The standard InChI is InChI=1S/C15H25N3/c1-4-9-16-14-10-13(12-7-8-12)17-15(18-14)11(5-2)6-3/h10-12H,4-9H2,1-3H3,(H,16,17,18). The zero-order chi connectivity index (χ0) is 13.0. The Kier molecular flexibility index (Phi) is 4.56. The molecule has 0 spiro atoms. The van der Waals surface area contributed by atoms with Gasteiger partial charge in [0.1, 0.15) is 11.6 Å². The fourth-order valence-corrected chi connectivity index (χ4v) is 2.25. The second-order valence-corrected chi connectivity index (χ2v) is 5.25. The van der Waals surface area contributed by atoms with Gasteiger partial charge in [-0.15, -0.1) is 0 Å². The molecule has 1 saturated carbocycles. The minimum Gasteiger partial charge on any atom is -0.370 e. The van der Waals surface area contributed by atoms with Crippen LogP contribution in [-0.2, 0) is 0 Å². The smallest absolute Gasteiger partial charge is 0.134 e. The van der Waals surface area contributed by atoms with E-state index in [1.54, 1.807) is 0 Å². The summed E-state index contributed by atoms with van der Waals surface area (Å²) < 4.78 is 0. The number of rotatable bonds is 7. The van der Waals surface area contributed by atoms with Gasteiger partial charge in [0, 0.05) is 30.1 Å². The molecule has 0 aromatic carbocycles. The number of nitrogens with zero attached hydrogens (tertiary/aromatic N) is 2. The van der Waals surface area contributed by atoms with Crippen LogP contribution in [0.25, 0.3) is 0 Å². The lowest BCUT2D eigenvalue weighted by Crippen LogP contribution is -2.09. The Balaban J connectivity index is 2.23. The van der Waals surface area contributed by atoms with Crippen molar-refractivity contribution >= 4 is 5.82 Å². The van der Waals surface area contributed by atoms with Gasteiger partial charge in [-0.1, -0.05) is 20.8 Å². The van der Waals surface area contributed by atoms with E-state index in [4.69, 9.17) is 9.97 Å². The van der Waals surface area contributed by atoms with Crippen LogP contribution in [0.15, 0.2) is 6.07 Å². The third-order valence-corrected chi connectivity index (χ3v) is 3.67. The van der Waals surface area contributed by atoms with Gasteiger partial charge in [-0.25, -0.2) is 9.97 Å². The van der Waals surface area contributed by atoms with E-state index in [1.807, 2.05) is 0 Å². The van der Waals surface area contributed by atoms with Gasteiger partial charge in [0.05, 0.1) is 0 Å². The molecular formula is C15H25N3. The van der Waals surface area contributed by atoms with E-state index in [2.05, 4.69) is 32.2 Å². The summed E-state index contributed by atoms with van der Waals surface area (Å²) in [5, 5.41) is 3.41. The average Bonchev–Trinajstić information content (AvgIpc) is 3.22. The first-order valence-electron chi connectivity index (χ1n) is 7.41. The summed E-state index contributed by atoms with van der Waals surface area (Å²) in [7, 11) is 0. The second kappa shape index (κ2) is 6.17. The molecule has 0 amide bonds. The Morgan fingerprint density at radius 2 is 1.94 bits per heavy atom. The number of nitrogens with one attached hydrogen (secondary N) is 1. The van der Waals surface area contributed by atoms with E-state index in [0.717, 1.165) is 37.4 Å². The molecule has 1 fully saturated rings. The summed E-state index contributed by atoms with van der Waals surface area (Å²) in [5.41, 5.74) is 1.26. The molecule has 100 valence electrons. The van der Waals surface area contributed by atoms with E-state index in [1.165, 1.54) is 18.5 Å². The van der Waals surface area contributed by atoms with Gasteiger partial charge in [0.2, 0.25) is 0 Å². The van der Waals surface area contributed by atoms with Crippen molar-refractivity contribution in [1.82, 2.24) is 9.97 Å². The van der Waals surface area contributed by atoms with E-state index >= 15 is 0 Å². The summed E-state index contributed by atoms with van der Waals surface area (Å²) in [5.74, 6) is 3.27. The molecule has 3 heteroatoms. The third kappa shape index (κ3) is 3.21. The van der Waals surface area contributed by atoms with Gasteiger partial charge in [0.25, 0.3) is 0 Å². The maximum absolute atomic E-state index is 4.79. The number of hydrogen-bond acceptors (Lipinski definition) is 3. The number of hydrogen-bond donors (Lipinski definition) is 1. The van der Waals surface area contributed by atoms with Crippen LogP contribution < -0.4 is 5.32 Å². The highest BCUT2D eigenvalue weighted by molar-refractivity contribution is 5.38. The van der Waals surface area contributed by atoms with Crippen LogP contribution in [0.1, 0.15) is 76.2 Å². The lowest BCUT2D eigenvalue weighted by molar-refractivity contribution is 0.598. The van der Waals surface area contributed by atoms with Gasteiger partial charge in [-0.05, 0) is 32.1 Å². The van der Waals surface area contributed by atoms with Gasteiger partial charge < -0.3 is 5.32 Å². The molecule has 0 aliphatic heterocycles. The molecule has 1 aromatic heterocycles. The Labute approximate surface area is 110 Å². The second-order valence-electron chi connectivity index (χ2n) is 5.25. The molecule has 1 aromatic rings. The SMILES string of the molecule is CCCNc1cc(C2CC2)nc(C(CC)CC)n1. The highest BCUT2D eigenvalue weighted by atomic mass is 15.0. The number of aromatic nitrogens is 2. The molecule has 18 heavy (non-hydrogen) atoms. The quantitative estimate of drug-likeness (QED) is 0.789. The first-order valence-corrected chi connectivity index (χ1v) is 7.41. The fourth-order valence-electron chi connectivity index (χ4n) is 2.25. The Bertz CT molecular complexity index is 381. The molecule has 0 bridgehead atoms. The Morgan fingerprint density at radius 3 is 2.50 bits per heavy atom. The monoisotopic (exact) mass is 247 g/mol. The zero-order valence-corrected chi connectivity index (χ0v) is 11.9. The molecule has 2 rings (SSSR count). The van der Waals surface area contributed by atoms with Gasteiger partial charge in [-0.2, -0.15) is 0 Å². The summed E-state index contributed by atoms with van der Waals surface area (Å²) in [6.07, 6.45) is 5.97. The average molecular weight is 247 g/mol. The van der Waals surface area contributed by atoms with E-state index in [9.17, 15) is 0 Å². The van der Waals surface area contributed by atoms with Gasteiger partial charge in [-0.3, -0.25) is 0 Å². The van der Waals surface area contributed by atoms with E-state index in [-0.39, 0.29) is 0 Å². The van der Waals surface area contributed by atoms with Crippen LogP contribution in [0.2, 0.25) is 0 Å². The van der Waals surface area contributed by atoms with Crippen molar-refractivity contribution < 1.29 is 0 Å². The Hall–Kier alpha value is -1.12. The molecule has 3 nitrogen and oxygen atoms in total. The molecule has 0 unspecified atom stereocenters. The molecule has 0 radical (unpaired) electrons. The van der Waals surface area contributed by atoms with Crippen LogP contribution in [0.5, 0.6) is 0 Å². The van der Waals surface area contributed by atoms with Crippen LogP contribution in [0, 0.1) is 0 Å². The minimum absolute atomic E-state index is 0.505. The molecule has 1 aliphatic rings. The van der Waals surface area contributed by atoms with Crippen molar-refractivity contribution in [2.24, 2.45) is 0 Å². The van der Waals surface area contributed by atoms with Gasteiger partial charge >= 0.3 is 0 Å². The van der Waals surface area contributed by atoms with E-state index < -0.39 is 0 Å². The van der Waals surface area contributed by atoms with Crippen LogP contribution >= 0.6 is 0 Å². The third-order valence-electron chi connectivity index (χ3n) is 3.67. The Morgan fingerprint density at radius 1 is 1.22 bits per heavy atom. The summed E-state index contributed by atoms with van der Waals surface area (Å²) in [6.45, 7) is 7.61. The molecule has 1 aliphatic carbocycles.